The average molecular weight is 611 g/mol. The molecule has 1 atom stereocenters. The van der Waals surface area contributed by atoms with E-state index in [-0.39, 0.29) is 41.2 Å². The first-order valence-corrected chi connectivity index (χ1v) is 15.3. The summed E-state index contributed by atoms with van der Waals surface area (Å²) in [5, 5.41) is 14.5. The number of methoxy groups -OCH3 is 1. The van der Waals surface area contributed by atoms with Gasteiger partial charge in [-0.2, -0.15) is 0 Å². The molecule has 230 valence electrons. The summed E-state index contributed by atoms with van der Waals surface area (Å²) in [6.45, 7) is 8.23. The number of anilines is 1. The quantitative estimate of drug-likeness (QED) is 0.218. The Bertz CT molecular complexity index is 1570. The molecule has 0 aliphatic carbocycles. The van der Waals surface area contributed by atoms with Crippen LogP contribution in [0.3, 0.4) is 0 Å². The molecule has 0 radical (unpaired) electrons. The molecule has 43 heavy (non-hydrogen) atoms. The molecule has 0 fully saturated rings. The van der Waals surface area contributed by atoms with E-state index in [9.17, 15) is 28.1 Å². The number of carbonyl (C=O) groups is 2. The van der Waals surface area contributed by atoms with Crippen LogP contribution in [0.15, 0.2) is 71.6 Å². The second kappa shape index (κ2) is 14.1. The van der Waals surface area contributed by atoms with Gasteiger partial charge in [0.25, 0.3) is 15.7 Å². The fourth-order valence-corrected chi connectivity index (χ4v) is 6.06. The minimum Gasteiger partial charge on any atom is -0.497 e. The summed E-state index contributed by atoms with van der Waals surface area (Å²) in [6, 6.07) is 16.1. The van der Waals surface area contributed by atoms with E-state index in [0.717, 1.165) is 21.5 Å². The summed E-state index contributed by atoms with van der Waals surface area (Å²) in [6.07, 6.45) is 0.287. The number of aryl methyl sites for hydroxylation is 2. The van der Waals surface area contributed by atoms with Crippen LogP contribution >= 0.6 is 0 Å². The van der Waals surface area contributed by atoms with Crippen molar-refractivity contribution in [2.45, 2.75) is 64.6 Å². The molecule has 0 saturated carbocycles. The molecule has 0 aromatic heterocycles. The van der Waals surface area contributed by atoms with Crippen LogP contribution in [0.25, 0.3) is 0 Å². The van der Waals surface area contributed by atoms with Crippen molar-refractivity contribution in [2.24, 2.45) is 0 Å². The zero-order valence-corrected chi connectivity index (χ0v) is 26.1. The van der Waals surface area contributed by atoms with Crippen LogP contribution in [-0.2, 0) is 26.2 Å². The minimum atomic E-state index is -4.49. The second-order valence-corrected chi connectivity index (χ2v) is 12.3. The first-order chi connectivity index (χ1) is 20.3. The van der Waals surface area contributed by atoms with Crippen LogP contribution in [0, 0.1) is 24.0 Å². The first-order valence-electron chi connectivity index (χ1n) is 13.9. The third-order valence-corrected chi connectivity index (χ3v) is 8.79. The number of ether oxygens (including phenoxy) is 1. The third-order valence-electron chi connectivity index (χ3n) is 7.02. The van der Waals surface area contributed by atoms with Gasteiger partial charge in [0.05, 0.1) is 22.6 Å². The number of hydrogen-bond donors (Lipinski definition) is 1. The smallest absolute Gasteiger partial charge is 0.273 e. The standard InChI is InChI=1S/C31H38N4O7S/c1-7-28(31(37)32-21(2)3)33(19-24-11-9-8-10-22(24)4)30(36)20-34(25-13-15-26(42-6)16-14-25)43(40,41)27-17-12-23(5)29(18-27)35(38)39/h8-18,21,28H,7,19-20H2,1-6H3,(H,32,37). The first kappa shape index (κ1) is 33.1. The number of sulfonamides is 1. The molecule has 0 aliphatic heterocycles. The molecule has 1 N–H and O–H groups in total. The number of nitro benzene ring substituents is 1. The van der Waals surface area contributed by atoms with E-state index in [4.69, 9.17) is 4.74 Å². The fraction of sp³-hybridized carbons (Fsp3) is 0.355. The lowest BCUT2D eigenvalue weighted by Crippen LogP contribution is -2.53. The van der Waals surface area contributed by atoms with Crippen molar-refractivity contribution >= 4 is 33.2 Å². The largest absolute Gasteiger partial charge is 0.497 e. The number of amides is 2. The monoisotopic (exact) mass is 610 g/mol. The van der Waals surface area contributed by atoms with Gasteiger partial charge in [0, 0.05) is 24.2 Å². The zero-order valence-electron chi connectivity index (χ0n) is 25.2. The van der Waals surface area contributed by atoms with Crippen molar-refractivity contribution in [3.8, 4) is 5.75 Å². The molecule has 0 bridgehead atoms. The molecule has 0 spiro atoms. The molecule has 0 heterocycles. The lowest BCUT2D eigenvalue weighted by molar-refractivity contribution is -0.385. The molecule has 3 aromatic carbocycles. The molecule has 2 amide bonds. The second-order valence-electron chi connectivity index (χ2n) is 10.5. The molecule has 0 saturated heterocycles. The normalized spacial score (nSPS) is 12.0. The van der Waals surface area contributed by atoms with Crippen LogP contribution in [0.1, 0.15) is 43.9 Å². The van der Waals surface area contributed by atoms with E-state index in [0.29, 0.717) is 11.3 Å². The highest BCUT2D eigenvalue weighted by atomic mass is 32.2. The van der Waals surface area contributed by atoms with Crippen LogP contribution in [-0.4, -0.2) is 55.8 Å². The van der Waals surface area contributed by atoms with Gasteiger partial charge in [-0.15, -0.1) is 0 Å². The lowest BCUT2D eigenvalue weighted by Gasteiger charge is -2.34. The van der Waals surface area contributed by atoms with Gasteiger partial charge < -0.3 is 15.0 Å². The Balaban J connectivity index is 2.13. The molecule has 3 aromatic rings. The summed E-state index contributed by atoms with van der Waals surface area (Å²) in [4.78, 5) is 39.4. The zero-order chi connectivity index (χ0) is 31.9. The Hall–Kier alpha value is -4.45. The topological polar surface area (TPSA) is 139 Å². The summed E-state index contributed by atoms with van der Waals surface area (Å²) in [5.74, 6) is -0.501. The molecule has 12 heteroatoms. The maximum absolute atomic E-state index is 14.2. The summed E-state index contributed by atoms with van der Waals surface area (Å²) in [5.41, 5.74) is 1.79. The van der Waals surface area contributed by atoms with Gasteiger partial charge in [-0.3, -0.25) is 24.0 Å². The van der Waals surface area contributed by atoms with Crippen molar-refractivity contribution in [1.82, 2.24) is 10.2 Å². The van der Waals surface area contributed by atoms with Gasteiger partial charge >= 0.3 is 0 Å². The van der Waals surface area contributed by atoms with Gasteiger partial charge in [0.15, 0.2) is 0 Å². The Labute approximate surface area is 252 Å². The van der Waals surface area contributed by atoms with E-state index in [1.54, 1.807) is 19.1 Å². The number of carbonyl (C=O) groups excluding carboxylic acids is 2. The molecular formula is C31H38N4O7S. The molecule has 3 rings (SSSR count). The number of nitrogens with zero attached hydrogens (tertiary/aromatic N) is 3. The maximum Gasteiger partial charge on any atom is 0.273 e. The van der Waals surface area contributed by atoms with E-state index >= 15 is 0 Å². The van der Waals surface area contributed by atoms with Crippen LogP contribution in [0.2, 0.25) is 0 Å². The Kier molecular flexibility index (Phi) is 10.9. The summed E-state index contributed by atoms with van der Waals surface area (Å²) >= 11 is 0. The van der Waals surface area contributed by atoms with E-state index in [1.807, 2.05) is 45.0 Å². The van der Waals surface area contributed by atoms with Gasteiger partial charge in [-0.05, 0) is 75.6 Å². The lowest BCUT2D eigenvalue weighted by atomic mass is 10.1. The predicted octanol–water partition coefficient (Wildman–Crippen LogP) is 4.75. The van der Waals surface area contributed by atoms with E-state index in [1.165, 1.54) is 43.2 Å². The molecular weight excluding hydrogens is 572 g/mol. The van der Waals surface area contributed by atoms with Crippen molar-refractivity contribution in [1.29, 1.82) is 0 Å². The highest BCUT2D eigenvalue weighted by molar-refractivity contribution is 7.92. The Morgan fingerprint density at radius 1 is 1.00 bits per heavy atom. The Morgan fingerprint density at radius 2 is 1.65 bits per heavy atom. The van der Waals surface area contributed by atoms with Crippen molar-refractivity contribution in [2.75, 3.05) is 18.0 Å². The van der Waals surface area contributed by atoms with Gasteiger partial charge in [0.1, 0.15) is 18.3 Å². The van der Waals surface area contributed by atoms with Crippen LogP contribution in [0.4, 0.5) is 11.4 Å². The van der Waals surface area contributed by atoms with Crippen molar-refractivity contribution in [3.05, 3.63) is 93.5 Å². The SMILES string of the molecule is CCC(C(=O)NC(C)C)N(Cc1ccccc1C)C(=O)CN(c1ccc(OC)cc1)S(=O)(=O)c1ccc(C)c([N+](=O)[O-])c1. The average Bonchev–Trinajstić information content (AvgIpc) is 2.96. The number of benzene rings is 3. The van der Waals surface area contributed by atoms with E-state index < -0.39 is 33.4 Å². The number of hydrogen-bond acceptors (Lipinski definition) is 7. The highest BCUT2D eigenvalue weighted by Crippen LogP contribution is 2.29. The molecule has 11 nitrogen and oxygen atoms in total. The van der Waals surface area contributed by atoms with Gasteiger partial charge in [-0.1, -0.05) is 37.3 Å². The minimum absolute atomic E-state index is 0.0715. The van der Waals surface area contributed by atoms with Crippen molar-refractivity contribution < 1.29 is 27.7 Å². The molecule has 1 unspecified atom stereocenters. The Morgan fingerprint density at radius 3 is 2.21 bits per heavy atom. The fourth-order valence-electron chi connectivity index (χ4n) is 4.62. The van der Waals surface area contributed by atoms with Crippen molar-refractivity contribution in [3.63, 3.8) is 0 Å². The van der Waals surface area contributed by atoms with Crippen LogP contribution in [0.5, 0.6) is 5.75 Å². The number of nitrogens with one attached hydrogen (secondary N) is 1. The number of nitro groups is 1. The van der Waals surface area contributed by atoms with E-state index in [2.05, 4.69) is 5.32 Å². The van der Waals surface area contributed by atoms with Crippen LogP contribution < -0.4 is 14.4 Å². The molecule has 0 aliphatic rings. The highest BCUT2D eigenvalue weighted by Gasteiger charge is 2.34. The maximum atomic E-state index is 14.2. The van der Waals surface area contributed by atoms with Gasteiger partial charge in [0.2, 0.25) is 11.8 Å². The predicted molar refractivity (Wildman–Crippen MR) is 164 cm³/mol. The summed E-state index contributed by atoms with van der Waals surface area (Å²) < 4.78 is 34.3. The van der Waals surface area contributed by atoms with Gasteiger partial charge in [-0.25, -0.2) is 8.42 Å². The third kappa shape index (κ3) is 7.89. The summed E-state index contributed by atoms with van der Waals surface area (Å²) in [7, 11) is -3.02. The number of rotatable bonds is 13.